The van der Waals surface area contributed by atoms with Crippen LogP contribution in [-0.2, 0) is 9.59 Å². The molecule has 4 heteroatoms. The van der Waals surface area contributed by atoms with Crippen LogP contribution in [0.1, 0.15) is 51.4 Å². The van der Waals surface area contributed by atoms with E-state index < -0.39 is 0 Å². The maximum absolute atomic E-state index is 11.1. The lowest BCUT2D eigenvalue weighted by Gasteiger charge is -2.01. The number of nitrogens with one attached hydrogen (secondary N) is 1. The number of carbonyl (C=O) groups excluding carboxylic acids is 2. The van der Waals surface area contributed by atoms with Crippen molar-refractivity contribution >= 4 is 11.8 Å². The quantitative estimate of drug-likeness (QED) is 0.660. The Labute approximate surface area is 105 Å². The van der Waals surface area contributed by atoms with E-state index in [1.54, 1.807) is 0 Å². The van der Waals surface area contributed by atoms with Crippen LogP contribution in [0.25, 0.3) is 0 Å². The minimum atomic E-state index is -0.105. The Morgan fingerprint density at radius 1 is 0.765 bits per heavy atom. The molecule has 0 aromatic heterocycles. The Morgan fingerprint density at radius 2 is 1.06 bits per heavy atom. The fourth-order valence-electron chi connectivity index (χ4n) is 1.56. The summed E-state index contributed by atoms with van der Waals surface area (Å²) in [7, 11) is 6.00. The summed E-state index contributed by atoms with van der Waals surface area (Å²) in [4.78, 5) is 24.2. The highest BCUT2D eigenvalue weighted by Crippen LogP contribution is 2.09. The zero-order chi connectivity index (χ0) is 13.1. The third-order valence-electron chi connectivity index (χ3n) is 2.34. The Hall–Kier alpha value is -0.900. The first-order valence-electron chi connectivity index (χ1n) is 6.46. The van der Waals surface area contributed by atoms with Gasteiger partial charge in [-0.3, -0.25) is 14.9 Å². The number of rotatable bonds is 0. The maximum atomic E-state index is 11.1. The Bertz CT molecular complexity index is 205. The molecule has 1 N–H and O–H groups in total. The summed E-state index contributed by atoms with van der Waals surface area (Å²) in [5.74, 6) is -0.209. The molecule has 1 rings (SSSR count). The maximum Gasteiger partial charge on any atom is 0.226 e. The summed E-state index contributed by atoms with van der Waals surface area (Å²) in [6, 6.07) is 0. The molecule has 17 heavy (non-hydrogen) atoms. The molecule has 0 saturated carbocycles. The fourth-order valence-corrected chi connectivity index (χ4v) is 1.56. The van der Waals surface area contributed by atoms with Crippen LogP contribution in [0.3, 0.4) is 0 Å². The molecule has 0 radical (unpaired) electrons. The van der Waals surface area contributed by atoms with Gasteiger partial charge in [-0.05, 0) is 34.0 Å². The van der Waals surface area contributed by atoms with Crippen LogP contribution in [-0.4, -0.2) is 37.9 Å². The Morgan fingerprint density at radius 3 is 1.41 bits per heavy atom. The van der Waals surface area contributed by atoms with Crippen molar-refractivity contribution in [1.29, 1.82) is 0 Å². The zero-order valence-electron chi connectivity index (χ0n) is 11.4. The third-order valence-corrected chi connectivity index (χ3v) is 2.34. The molecule has 0 unspecified atom stereocenters. The van der Waals surface area contributed by atoms with Gasteiger partial charge in [0.15, 0.2) is 0 Å². The molecule has 0 aliphatic carbocycles. The van der Waals surface area contributed by atoms with E-state index in [9.17, 15) is 9.59 Å². The van der Waals surface area contributed by atoms with Crippen molar-refractivity contribution in [2.24, 2.45) is 0 Å². The first-order valence-corrected chi connectivity index (χ1v) is 6.46. The summed E-state index contributed by atoms with van der Waals surface area (Å²) in [5.41, 5.74) is 0. The molecule has 1 aliphatic rings. The van der Waals surface area contributed by atoms with E-state index in [0.29, 0.717) is 12.8 Å². The molecular weight excluding hydrogens is 216 g/mol. The molecule has 2 amide bonds. The lowest BCUT2D eigenvalue weighted by molar-refractivity contribution is -0.130. The van der Waals surface area contributed by atoms with Gasteiger partial charge in [-0.2, -0.15) is 0 Å². The van der Waals surface area contributed by atoms with Crippen molar-refractivity contribution in [3.05, 3.63) is 0 Å². The molecule has 1 heterocycles. The highest BCUT2D eigenvalue weighted by Gasteiger charge is 2.08. The molecule has 1 saturated heterocycles. The minimum absolute atomic E-state index is 0.105. The smallest absolute Gasteiger partial charge is 0.226 e. The van der Waals surface area contributed by atoms with Crippen LogP contribution >= 0.6 is 0 Å². The third kappa shape index (κ3) is 13.0. The molecule has 0 atom stereocenters. The monoisotopic (exact) mass is 242 g/mol. The molecule has 4 nitrogen and oxygen atoms in total. The number of imide groups is 1. The van der Waals surface area contributed by atoms with Crippen molar-refractivity contribution in [2.45, 2.75) is 51.4 Å². The largest absolute Gasteiger partial charge is 0.312 e. The second-order valence-corrected chi connectivity index (χ2v) is 4.93. The van der Waals surface area contributed by atoms with Gasteiger partial charge < -0.3 is 4.90 Å². The Kier molecular flexibility index (Phi) is 9.72. The van der Waals surface area contributed by atoms with E-state index in [0.717, 1.165) is 25.7 Å². The summed E-state index contributed by atoms with van der Waals surface area (Å²) >= 11 is 0. The molecule has 1 fully saturated rings. The molecule has 0 aromatic rings. The normalized spacial score (nSPS) is 18.8. The van der Waals surface area contributed by atoms with E-state index in [4.69, 9.17) is 0 Å². The molecule has 0 spiro atoms. The van der Waals surface area contributed by atoms with Crippen molar-refractivity contribution in [2.75, 3.05) is 21.1 Å². The first kappa shape index (κ1) is 16.1. The fraction of sp³-hybridized carbons (Fsp3) is 0.846. The Balaban J connectivity index is 0.000000557. The predicted molar refractivity (Wildman–Crippen MR) is 69.7 cm³/mol. The number of nitrogens with zero attached hydrogens (tertiary/aromatic N) is 1. The van der Waals surface area contributed by atoms with Gasteiger partial charge in [0, 0.05) is 12.8 Å². The average Bonchev–Trinajstić information content (AvgIpc) is 2.23. The van der Waals surface area contributed by atoms with Crippen LogP contribution in [0.15, 0.2) is 0 Å². The summed E-state index contributed by atoms with van der Waals surface area (Å²) in [5, 5.41) is 2.40. The van der Waals surface area contributed by atoms with E-state index in [-0.39, 0.29) is 11.8 Å². The summed E-state index contributed by atoms with van der Waals surface area (Å²) in [6.45, 7) is 0. The first-order chi connectivity index (χ1) is 8.02. The van der Waals surface area contributed by atoms with E-state index in [2.05, 4.69) is 5.32 Å². The van der Waals surface area contributed by atoms with Crippen LogP contribution in [0, 0.1) is 0 Å². The standard InChI is InChI=1S/C10H17NO2.C3H9N/c12-9-7-5-3-1-2-4-6-8-10(13)11-9;1-4(2)3/h1-8H2,(H,11,12,13);1-3H3. The average molecular weight is 242 g/mol. The van der Waals surface area contributed by atoms with Crippen LogP contribution in [0.4, 0.5) is 0 Å². The van der Waals surface area contributed by atoms with Gasteiger partial charge in [0.05, 0.1) is 0 Å². The van der Waals surface area contributed by atoms with Crippen molar-refractivity contribution < 1.29 is 9.59 Å². The molecule has 100 valence electrons. The second kappa shape index (κ2) is 10.3. The van der Waals surface area contributed by atoms with Crippen LogP contribution in [0.5, 0.6) is 0 Å². The van der Waals surface area contributed by atoms with Crippen molar-refractivity contribution in [3.63, 3.8) is 0 Å². The predicted octanol–water partition coefficient (Wildman–Crippen LogP) is 1.94. The van der Waals surface area contributed by atoms with E-state index >= 15 is 0 Å². The van der Waals surface area contributed by atoms with Gasteiger partial charge in [-0.15, -0.1) is 0 Å². The molecular formula is C13H26N2O2. The number of hydrogen-bond donors (Lipinski definition) is 1. The summed E-state index contributed by atoms with van der Waals surface area (Å²) in [6.07, 6.45) is 7.46. The van der Waals surface area contributed by atoms with Crippen LogP contribution in [0.2, 0.25) is 0 Å². The van der Waals surface area contributed by atoms with Gasteiger partial charge >= 0.3 is 0 Å². The van der Waals surface area contributed by atoms with Crippen molar-refractivity contribution in [1.82, 2.24) is 10.2 Å². The van der Waals surface area contributed by atoms with Crippen molar-refractivity contribution in [3.8, 4) is 0 Å². The highest BCUT2D eigenvalue weighted by atomic mass is 16.2. The highest BCUT2D eigenvalue weighted by molar-refractivity contribution is 5.95. The van der Waals surface area contributed by atoms with E-state index in [1.807, 2.05) is 26.0 Å². The molecule has 0 aromatic carbocycles. The van der Waals surface area contributed by atoms with Gasteiger partial charge in [0.2, 0.25) is 11.8 Å². The van der Waals surface area contributed by atoms with E-state index in [1.165, 1.54) is 12.8 Å². The number of amides is 2. The molecule has 1 aliphatic heterocycles. The topological polar surface area (TPSA) is 49.4 Å². The van der Waals surface area contributed by atoms with Gasteiger partial charge in [-0.1, -0.05) is 25.7 Å². The SMILES string of the molecule is CN(C)C.O=C1CCCCCCCCC(=O)N1. The van der Waals surface area contributed by atoms with Crippen LogP contribution < -0.4 is 5.32 Å². The summed E-state index contributed by atoms with van der Waals surface area (Å²) < 4.78 is 0. The second-order valence-electron chi connectivity index (χ2n) is 4.93. The lowest BCUT2D eigenvalue weighted by Crippen LogP contribution is -2.29. The minimum Gasteiger partial charge on any atom is -0.312 e. The van der Waals surface area contributed by atoms with Gasteiger partial charge in [0.25, 0.3) is 0 Å². The zero-order valence-corrected chi connectivity index (χ0v) is 11.4. The lowest BCUT2D eigenvalue weighted by atomic mass is 10.1. The van der Waals surface area contributed by atoms with Gasteiger partial charge in [0.1, 0.15) is 0 Å². The number of hydrogen-bond acceptors (Lipinski definition) is 3. The van der Waals surface area contributed by atoms with Gasteiger partial charge in [-0.25, -0.2) is 0 Å². The number of carbonyl (C=O) groups is 2. The molecule has 0 bridgehead atoms.